The fraction of sp³-hybridized carbons (Fsp3) is 0.778. The van der Waals surface area contributed by atoms with E-state index in [0.717, 1.165) is 12.8 Å². The first-order valence-electron chi connectivity index (χ1n) is 4.65. The largest absolute Gasteiger partial charge is 0.505 e. The third-order valence-electron chi connectivity index (χ3n) is 1.92. The minimum atomic E-state index is -0.955. The van der Waals surface area contributed by atoms with E-state index in [9.17, 15) is 5.11 Å². The maximum absolute atomic E-state index is 9.33. The average molecular weight is 552 g/mol. The summed E-state index contributed by atoms with van der Waals surface area (Å²) < 4.78 is 1.18. The number of unbranched alkanes of at least 4 members (excludes halogenated alkanes) is 2. The summed E-state index contributed by atoms with van der Waals surface area (Å²) in [5.41, 5.74) is 0. The molecule has 0 radical (unpaired) electrons. The van der Waals surface area contributed by atoms with E-state index in [1.165, 1.54) is 17.3 Å². The Kier molecular flexibility index (Phi) is 10.2. The molecule has 0 spiro atoms. The molecule has 15 heavy (non-hydrogen) atoms. The molecule has 0 heterocycles. The Morgan fingerprint density at radius 1 is 1.00 bits per heavy atom. The van der Waals surface area contributed by atoms with Gasteiger partial charge in [0.1, 0.15) is 0 Å². The lowest BCUT2D eigenvalue weighted by molar-refractivity contribution is 0.156. The summed E-state index contributed by atoms with van der Waals surface area (Å²) >= 11 is 6.64. The van der Waals surface area contributed by atoms with Gasteiger partial charge in [0.05, 0.1) is 3.92 Å². The fourth-order valence-electron chi connectivity index (χ4n) is 1.05. The fourth-order valence-corrected chi connectivity index (χ4v) is 3.01. The van der Waals surface area contributed by atoms with Crippen molar-refractivity contribution < 1.29 is 15.3 Å². The van der Waals surface area contributed by atoms with Crippen LogP contribution in [-0.2, 0) is 0 Å². The van der Waals surface area contributed by atoms with Crippen molar-refractivity contribution in [3.05, 3.63) is 11.7 Å². The Balaban J connectivity index is 3.89. The number of hydrogen-bond acceptors (Lipinski definition) is 3. The second kappa shape index (κ2) is 9.37. The van der Waals surface area contributed by atoms with Gasteiger partial charge in [-0.25, -0.2) is 0 Å². The van der Waals surface area contributed by atoms with E-state index in [1.54, 1.807) is 0 Å². The summed E-state index contributed by atoms with van der Waals surface area (Å²) in [5.74, 6) is -1.27. The number of rotatable bonds is 7. The van der Waals surface area contributed by atoms with Crippen molar-refractivity contribution in [2.75, 3.05) is 4.43 Å². The molecule has 3 nitrogen and oxygen atoms in total. The van der Waals surface area contributed by atoms with Crippen LogP contribution in [0.2, 0.25) is 0 Å². The van der Waals surface area contributed by atoms with Crippen molar-refractivity contribution in [1.82, 2.24) is 0 Å². The van der Waals surface area contributed by atoms with Crippen LogP contribution in [0.15, 0.2) is 11.7 Å². The van der Waals surface area contributed by atoms with Gasteiger partial charge in [-0.1, -0.05) is 80.6 Å². The standard InChI is InChI=1S/C9H15I3O3/c10-5-3-1-2-4-6(11)7(12)8(13)9(14)15/h6-7,13-15H,1-5H2. The van der Waals surface area contributed by atoms with E-state index in [-0.39, 0.29) is 13.6 Å². The second-order valence-corrected chi connectivity index (χ2v) is 7.19. The molecule has 0 aliphatic rings. The van der Waals surface area contributed by atoms with Crippen molar-refractivity contribution in [2.24, 2.45) is 0 Å². The Morgan fingerprint density at radius 3 is 2.07 bits per heavy atom. The minimum absolute atomic E-state index is 0.228. The smallest absolute Gasteiger partial charge is 0.314 e. The van der Waals surface area contributed by atoms with Crippen LogP contribution in [0.25, 0.3) is 0 Å². The number of halogens is 3. The average Bonchev–Trinajstić information content (AvgIpc) is 2.21. The molecule has 0 saturated heterocycles. The van der Waals surface area contributed by atoms with Crippen molar-refractivity contribution >= 4 is 67.8 Å². The molecule has 90 valence electrons. The minimum Gasteiger partial charge on any atom is -0.505 e. The van der Waals surface area contributed by atoms with Gasteiger partial charge in [0, 0.05) is 3.92 Å². The van der Waals surface area contributed by atoms with Gasteiger partial charge >= 0.3 is 5.95 Å². The molecule has 0 aromatic heterocycles. The Hall–Kier alpha value is 1.33. The molecule has 6 heteroatoms. The quantitative estimate of drug-likeness (QED) is 0.190. The molecule has 0 fully saturated rings. The molecular formula is C9H15I3O3. The molecule has 0 aliphatic carbocycles. The monoisotopic (exact) mass is 552 g/mol. The lowest BCUT2D eigenvalue weighted by Crippen LogP contribution is -2.17. The summed E-state index contributed by atoms with van der Waals surface area (Å²) in [6.45, 7) is 0. The van der Waals surface area contributed by atoms with E-state index >= 15 is 0 Å². The van der Waals surface area contributed by atoms with Gasteiger partial charge in [-0.05, 0) is 17.3 Å². The van der Waals surface area contributed by atoms with Crippen LogP contribution in [0.3, 0.4) is 0 Å². The van der Waals surface area contributed by atoms with Crippen molar-refractivity contribution in [1.29, 1.82) is 0 Å². The number of aliphatic hydroxyl groups excluding tert-OH is 2. The molecule has 0 rings (SSSR count). The predicted molar refractivity (Wildman–Crippen MR) is 87.9 cm³/mol. The third kappa shape index (κ3) is 7.29. The molecule has 0 saturated carbocycles. The summed E-state index contributed by atoms with van der Waals surface area (Å²) in [4.78, 5) is 0. The van der Waals surface area contributed by atoms with Crippen LogP contribution in [0, 0.1) is 0 Å². The maximum atomic E-state index is 9.33. The van der Waals surface area contributed by atoms with Gasteiger partial charge < -0.3 is 15.3 Å². The van der Waals surface area contributed by atoms with Crippen molar-refractivity contribution in [3.8, 4) is 0 Å². The van der Waals surface area contributed by atoms with Gasteiger partial charge in [0.15, 0.2) is 5.76 Å². The first kappa shape index (κ1) is 16.3. The Bertz CT molecular complexity index is 205. The molecule has 0 aliphatic heterocycles. The molecule has 3 N–H and O–H groups in total. The Labute approximate surface area is 131 Å². The summed E-state index contributed by atoms with van der Waals surface area (Å²) in [6.07, 6.45) is 4.53. The summed E-state index contributed by atoms with van der Waals surface area (Å²) in [7, 11) is 0. The van der Waals surface area contributed by atoms with Gasteiger partial charge in [0.2, 0.25) is 0 Å². The SMILES string of the molecule is OC(O)=C(O)C(I)C(I)CCCCCI. The molecule has 0 amide bonds. The highest BCUT2D eigenvalue weighted by molar-refractivity contribution is 14.1. The van der Waals surface area contributed by atoms with Gasteiger partial charge in [-0.3, -0.25) is 0 Å². The maximum Gasteiger partial charge on any atom is 0.314 e. The topological polar surface area (TPSA) is 60.7 Å². The van der Waals surface area contributed by atoms with Crippen LogP contribution in [0.5, 0.6) is 0 Å². The van der Waals surface area contributed by atoms with E-state index in [0.29, 0.717) is 0 Å². The molecule has 0 aromatic carbocycles. The van der Waals surface area contributed by atoms with Gasteiger partial charge in [0.25, 0.3) is 0 Å². The predicted octanol–water partition coefficient (Wildman–Crippen LogP) is 4.43. The molecule has 2 atom stereocenters. The molecule has 2 unspecified atom stereocenters. The zero-order valence-corrected chi connectivity index (χ0v) is 14.6. The highest BCUT2D eigenvalue weighted by atomic mass is 127. The highest BCUT2D eigenvalue weighted by Gasteiger charge is 2.22. The number of hydrogen-bond donors (Lipinski definition) is 3. The van der Waals surface area contributed by atoms with Crippen LogP contribution in [0.4, 0.5) is 0 Å². The molecule has 0 bridgehead atoms. The molecule has 0 aromatic rings. The zero-order valence-electron chi connectivity index (χ0n) is 8.17. The Morgan fingerprint density at radius 2 is 1.60 bits per heavy atom. The van der Waals surface area contributed by atoms with Gasteiger partial charge in [-0.2, -0.15) is 0 Å². The second-order valence-electron chi connectivity index (χ2n) is 3.16. The van der Waals surface area contributed by atoms with E-state index in [1.807, 2.05) is 22.6 Å². The van der Waals surface area contributed by atoms with Crippen molar-refractivity contribution in [3.63, 3.8) is 0 Å². The van der Waals surface area contributed by atoms with Crippen molar-refractivity contribution in [2.45, 2.75) is 33.5 Å². The van der Waals surface area contributed by atoms with Crippen LogP contribution in [-0.4, -0.2) is 27.6 Å². The van der Waals surface area contributed by atoms with Crippen LogP contribution < -0.4 is 0 Å². The lowest BCUT2D eigenvalue weighted by Gasteiger charge is -2.15. The first-order chi connectivity index (χ1) is 7.00. The van der Waals surface area contributed by atoms with E-state index in [4.69, 9.17) is 10.2 Å². The summed E-state index contributed by atoms with van der Waals surface area (Å²) in [5, 5.41) is 26.8. The van der Waals surface area contributed by atoms with Crippen LogP contribution in [0.1, 0.15) is 25.7 Å². The first-order valence-corrected chi connectivity index (χ1v) is 8.67. The zero-order chi connectivity index (χ0) is 11.8. The van der Waals surface area contributed by atoms with E-state index < -0.39 is 5.95 Å². The van der Waals surface area contributed by atoms with Gasteiger partial charge in [-0.15, -0.1) is 0 Å². The lowest BCUT2D eigenvalue weighted by atomic mass is 10.1. The third-order valence-corrected chi connectivity index (χ3v) is 6.86. The number of allylic oxidation sites excluding steroid dienone is 1. The number of alkyl halides is 3. The number of aliphatic hydroxyl groups is 3. The molecular weight excluding hydrogens is 537 g/mol. The normalized spacial score (nSPS) is 14.6. The van der Waals surface area contributed by atoms with E-state index in [2.05, 4.69) is 45.2 Å². The highest BCUT2D eigenvalue weighted by Crippen LogP contribution is 2.26. The van der Waals surface area contributed by atoms with Crippen LogP contribution >= 0.6 is 67.8 Å². The summed E-state index contributed by atoms with van der Waals surface area (Å²) in [6, 6.07) is 0.